The molecule has 0 amide bonds. The molecule has 17 heteroatoms. The predicted octanol–water partition coefficient (Wildman–Crippen LogP) is 20.7. The van der Waals surface area contributed by atoms with Crippen molar-refractivity contribution < 1.29 is 20.5 Å². The first kappa shape index (κ1) is 83.7. The maximum atomic E-state index is 11.9. The number of carbonyl (C=O) groups excluding carboxylic acids is 2. The zero-order chi connectivity index (χ0) is 54.6. The monoisotopic (exact) mass is 1770 g/mol. The van der Waals surface area contributed by atoms with Gasteiger partial charge in [-0.05, 0) is 0 Å². The third-order valence-electron chi connectivity index (χ3n) is 11.8. The van der Waals surface area contributed by atoms with E-state index in [-0.39, 0.29) is 11.9 Å². The Bertz CT molecular complexity index is 1140. The van der Waals surface area contributed by atoms with Crippen molar-refractivity contribution in [2.24, 2.45) is 0 Å². The van der Waals surface area contributed by atoms with Gasteiger partial charge >= 0.3 is 518 Å². The number of rotatable bonds is 50. The van der Waals surface area contributed by atoms with Gasteiger partial charge in [-0.1, -0.05) is 0 Å². The van der Waals surface area contributed by atoms with Crippen LogP contribution in [0, 0.1) is 0 Å². The Morgan fingerprint density at radius 2 is 0.681 bits per heavy atom. The van der Waals surface area contributed by atoms with Gasteiger partial charge in [0.1, 0.15) is 0 Å². The zero-order valence-electron chi connectivity index (χ0n) is 49.1. The molecule has 0 aromatic heterocycles. The van der Waals surface area contributed by atoms with E-state index < -0.39 is 108 Å². The molecule has 0 aliphatic heterocycles. The molecule has 2 unspecified atom stereocenters. The summed E-state index contributed by atoms with van der Waals surface area (Å²) in [5, 5.41) is 0. The average molecular weight is 1760 g/mol. The Kier molecular flexibility index (Phi) is 84.2. The van der Waals surface area contributed by atoms with E-state index in [0.29, 0.717) is 24.7 Å². The Labute approximate surface area is 510 Å². The van der Waals surface area contributed by atoms with Gasteiger partial charge in [0.2, 0.25) is 0 Å². The molecule has 0 aromatic rings. The summed E-state index contributed by atoms with van der Waals surface area (Å²) in [5.41, 5.74) is 0. The Morgan fingerprint density at radius 1 is 0.403 bits per heavy atom. The zero-order valence-corrected chi connectivity index (χ0v) is 72.0. The van der Waals surface area contributed by atoms with Crippen LogP contribution in [-0.2, 0) is 20.5 Å². The average Bonchev–Trinajstić information content (AvgIpc) is 3.37. The van der Waals surface area contributed by atoms with E-state index in [2.05, 4.69) is 75.9 Å². The van der Waals surface area contributed by atoms with Gasteiger partial charge in [0.15, 0.2) is 0 Å². The van der Waals surface area contributed by atoms with Gasteiger partial charge in [-0.15, -0.1) is 0 Å². The van der Waals surface area contributed by atoms with Crippen molar-refractivity contribution >= 4 is 176 Å². The summed E-state index contributed by atoms with van der Waals surface area (Å²) in [6.45, 7) is 19.1. The number of carbonyl (C=O) groups is 2. The second kappa shape index (κ2) is 72.4. The predicted molar refractivity (Wildman–Crippen MR) is 356 cm³/mol. The summed E-state index contributed by atoms with van der Waals surface area (Å²) >= 11 is -9.28. The summed E-state index contributed by atoms with van der Waals surface area (Å²) < 4.78 is 30.0. The number of esters is 2. The minimum absolute atomic E-state index is 0.112. The molecule has 5 nitrogen and oxygen atoms in total. The fourth-order valence-electron chi connectivity index (χ4n) is 7.10. The van der Waals surface area contributed by atoms with Gasteiger partial charge in [-0.25, -0.2) is 0 Å². The van der Waals surface area contributed by atoms with Crippen LogP contribution >= 0.6 is 51.9 Å². The minimum atomic E-state index is -2.16. The molecule has 0 fully saturated rings. The molecule has 0 rings (SSSR count). The molecule has 0 heterocycles. The molecular formula is C55H118O5S6Sn6. The van der Waals surface area contributed by atoms with Crippen LogP contribution in [0.15, 0.2) is 0 Å². The van der Waals surface area contributed by atoms with Crippen LogP contribution in [0.2, 0.25) is 36.5 Å². The van der Waals surface area contributed by atoms with E-state index in [9.17, 15) is 9.59 Å². The summed E-state index contributed by atoms with van der Waals surface area (Å²) in [7, 11) is 20.2. The fourth-order valence-corrected chi connectivity index (χ4v) is 126. The Balaban J connectivity index is -0.000000474. The Morgan fingerprint density at radius 3 is 1.03 bits per heavy atom. The first-order valence-corrected chi connectivity index (χ1v) is 83.0. The van der Waals surface area contributed by atoms with E-state index in [0.717, 1.165) is 25.7 Å². The fraction of sp³-hybridized carbons (Fsp3) is 0.945. The molecule has 0 bridgehead atoms. The molecule has 0 radical (unpaired) electrons. The molecule has 428 valence electrons. The molecule has 0 aromatic carbocycles. The standard InChI is InChI=1S/2C10H20O2S.2C8H17.4C4H9.2CH3.CH2.O.4S.6Sn.2H/c2*1-2-3-4-5-6-7-8-12-10(11)9-13;2*1-3-5-7-8-6-4-2;4*1-3-4-2;;;;;;;;;;;;;;;;/h2*13H,2-9H2,1H3;2*1,3-8H2,2H3;4*1,3-4H2,2H3;2*1H3;1H2;;;;;;;;;;;;;/q;;;;;;;;;;;;;;;;;;;;2*+1;;/p-2. The van der Waals surface area contributed by atoms with Gasteiger partial charge in [-0.2, -0.15) is 0 Å². The normalized spacial score (nSPS) is 11.5. The van der Waals surface area contributed by atoms with E-state index in [1.165, 1.54) is 206 Å². The van der Waals surface area contributed by atoms with Crippen LogP contribution in [0.1, 0.15) is 261 Å². The molecule has 0 N–H and O–H groups in total. The summed E-state index contributed by atoms with van der Waals surface area (Å²) in [6.07, 6.45) is 44.8. The van der Waals surface area contributed by atoms with Gasteiger partial charge < -0.3 is 0 Å². The topological polar surface area (TPSA) is 61.8 Å². The van der Waals surface area contributed by atoms with Gasteiger partial charge in [0, 0.05) is 0 Å². The van der Waals surface area contributed by atoms with Crippen LogP contribution in [0.3, 0.4) is 0 Å². The first-order chi connectivity index (χ1) is 34.8. The maximum absolute atomic E-state index is 11.9. The number of hydrogen-bond donors (Lipinski definition) is 0. The molecule has 0 saturated carbocycles. The third-order valence-corrected chi connectivity index (χ3v) is 122. The van der Waals surface area contributed by atoms with Crippen molar-refractivity contribution in [3.8, 4) is 0 Å². The second-order valence-electron chi connectivity index (χ2n) is 19.4. The van der Waals surface area contributed by atoms with Crippen LogP contribution in [0.25, 0.3) is 0 Å². The molecule has 0 spiro atoms. The van der Waals surface area contributed by atoms with E-state index >= 15 is 0 Å². The van der Waals surface area contributed by atoms with Crippen LogP contribution < -0.4 is 0 Å². The quantitative estimate of drug-likeness (QED) is 0.0332. The summed E-state index contributed by atoms with van der Waals surface area (Å²) in [5.74, 6) is 0.603. The van der Waals surface area contributed by atoms with Crippen molar-refractivity contribution in [2.75, 3.05) is 24.7 Å². The molecule has 72 heavy (non-hydrogen) atoms. The first-order valence-electron chi connectivity index (χ1n) is 29.9. The third kappa shape index (κ3) is 77.3. The van der Waals surface area contributed by atoms with Gasteiger partial charge in [-0.3, -0.25) is 0 Å². The van der Waals surface area contributed by atoms with Gasteiger partial charge in [0.05, 0.1) is 0 Å². The van der Waals surface area contributed by atoms with E-state index in [1.807, 2.05) is 0 Å². The Hall–Kier alpha value is 5.27. The van der Waals surface area contributed by atoms with E-state index in [1.54, 1.807) is 17.9 Å². The van der Waals surface area contributed by atoms with Crippen molar-refractivity contribution in [3.05, 3.63) is 0 Å². The number of hydrogen-bond acceptors (Lipinski definition) is 11. The molecule has 0 saturated heterocycles. The number of unbranched alkanes of at least 4 members (excludes halogenated alkanes) is 24. The van der Waals surface area contributed by atoms with Crippen LogP contribution in [0.4, 0.5) is 0 Å². The summed E-state index contributed by atoms with van der Waals surface area (Å²) in [6, 6.07) is 0. The van der Waals surface area contributed by atoms with Crippen molar-refractivity contribution in [1.29, 1.82) is 0 Å². The van der Waals surface area contributed by atoms with Crippen molar-refractivity contribution in [3.63, 3.8) is 0 Å². The molecule has 0 aliphatic carbocycles. The van der Waals surface area contributed by atoms with Crippen LogP contribution in [0.5, 0.6) is 0 Å². The second-order valence-corrected chi connectivity index (χ2v) is 101. The van der Waals surface area contributed by atoms with Crippen molar-refractivity contribution in [1.82, 2.24) is 0 Å². The van der Waals surface area contributed by atoms with Crippen molar-refractivity contribution in [2.45, 2.75) is 297 Å². The summed E-state index contributed by atoms with van der Waals surface area (Å²) in [4.78, 5) is 28.1. The SMILES string of the molecule is CCCCCCCCOC(=O)C[S][SnH]([CH3])[O][SnH]([CH3])[S]CC(=O)OCCCCCCCC.CCCCCCC[CH2][Sn](=[S])[CH2]CCCCCCC.CCC[CH2][Sn](=[S])[CH2]CCC.[CH2]=[Sn]([CH2]CCC)[S][Sn](=[S])[CH2]CCC. The molecule has 2 atom stereocenters. The molecule has 0 aliphatic rings. The van der Waals surface area contributed by atoms with Crippen LogP contribution in [-0.4, -0.2) is 149 Å². The number of ether oxygens (including phenoxy) is 2. The van der Waals surface area contributed by atoms with E-state index in [4.69, 9.17) is 38.8 Å². The van der Waals surface area contributed by atoms with Gasteiger partial charge in [0.25, 0.3) is 0 Å². The molecular weight excluding hydrogens is 1650 g/mol.